The van der Waals surface area contributed by atoms with Crippen LogP contribution >= 0.6 is 11.8 Å². The highest BCUT2D eigenvalue weighted by atomic mass is 32.2. The van der Waals surface area contributed by atoms with E-state index in [1.807, 2.05) is 42.1 Å². The predicted molar refractivity (Wildman–Crippen MR) is 125 cm³/mol. The Morgan fingerprint density at radius 1 is 1.18 bits per heavy atom. The number of carbonyl (C=O) groups is 1. The molecule has 0 saturated heterocycles. The lowest BCUT2D eigenvalue weighted by atomic mass is 10.2. The van der Waals surface area contributed by atoms with Gasteiger partial charge in [-0.2, -0.15) is 0 Å². The van der Waals surface area contributed by atoms with Gasteiger partial charge in [0.1, 0.15) is 36.6 Å². The Morgan fingerprint density at radius 3 is 2.58 bits per heavy atom. The van der Waals surface area contributed by atoms with E-state index in [9.17, 15) is 15.0 Å². The summed E-state index contributed by atoms with van der Waals surface area (Å²) in [5, 5.41) is 31.9. The van der Waals surface area contributed by atoms with Crippen LogP contribution in [0.25, 0.3) is 11.4 Å². The van der Waals surface area contributed by atoms with Crippen LogP contribution in [0.15, 0.2) is 47.6 Å². The third-order valence-corrected chi connectivity index (χ3v) is 5.45. The Labute approximate surface area is 195 Å². The minimum absolute atomic E-state index is 0.00218. The molecule has 33 heavy (non-hydrogen) atoms. The van der Waals surface area contributed by atoms with Crippen molar-refractivity contribution in [2.75, 3.05) is 32.6 Å². The van der Waals surface area contributed by atoms with Crippen LogP contribution in [-0.4, -0.2) is 69.5 Å². The minimum atomic E-state index is -0.729. The summed E-state index contributed by atoms with van der Waals surface area (Å²) in [4.78, 5) is 11.2. The molecule has 2 aromatic carbocycles. The quantitative estimate of drug-likeness (QED) is 0.227. The van der Waals surface area contributed by atoms with E-state index in [1.165, 1.54) is 23.9 Å². The normalized spacial score (nSPS) is 11.8. The van der Waals surface area contributed by atoms with E-state index in [-0.39, 0.29) is 17.9 Å². The van der Waals surface area contributed by atoms with E-state index in [2.05, 4.69) is 15.5 Å². The summed E-state index contributed by atoms with van der Waals surface area (Å²) in [5.41, 5.74) is 6.13. The number of nitrogens with one attached hydrogen (secondary N) is 1. The van der Waals surface area contributed by atoms with Gasteiger partial charge in [0, 0.05) is 25.7 Å². The summed E-state index contributed by atoms with van der Waals surface area (Å²) in [6.07, 6.45) is 1.25. The fourth-order valence-electron chi connectivity index (χ4n) is 3.01. The lowest BCUT2D eigenvalue weighted by Gasteiger charge is -2.14. The molecule has 176 valence electrons. The maximum atomic E-state index is 11.2. The second kappa shape index (κ2) is 11.5. The molecule has 0 saturated carbocycles. The number of aliphatic hydroxyl groups is 1. The zero-order valence-corrected chi connectivity index (χ0v) is 19.2. The van der Waals surface area contributed by atoms with Gasteiger partial charge in [-0.3, -0.25) is 4.79 Å². The second-order valence-corrected chi connectivity index (χ2v) is 7.93. The van der Waals surface area contributed by atoms with Gasteiger partial charge in [-0.1, -0.05) is 11.8 Å². The van der Waals surface area contributed by atoms with E-state index in [0.29, 0.717) is 31.2 Å². The number of primary amides is 1. The molecule has 3 rings (SSSR count). The van der Waals surface area contributed by atoms with Crippen LogP contribution in [0, 0.1) is 0 Å². The van der Waals surface area contributed by atoms with Crippen LogP contribution in [0.5, 0.6) is 17.2 Å². The maximum Gasteiger partial charge on any atom is 0.252 e. The molecule has 11 heteroatoms. The zero-order valence-electron chi connectivity index (χ0n) is 18.4. The van der Waals surface area contributed by atoms with Crippen molar-refractivity contribution < 1.29 is 24.5 Å². The molecule has 0 bridgehead atoms. The third-order valence-electron chi connectivity index (χ3n) is 4.73. The van der Waals surface area contributed by atoms with Gasteiger partial charge in [-0.25, -0.2) is 0 Å². The first-order chi connectivity index (χ1) is 15.9. The first kappa shape index (κ1) is 24.4. The Kier molecular flexibility index (Phi) is 8.52. The third kappa shape index (κ3) is 6.60. The number of hydrogen-bond donors (Lipinski definition) is 4. The Balaban J connectivity index is 1.37. The smallest absolute Gasteiger partial charge is 0.252 e. The number of aromatic nitrogens is 3. The monoisotopic (exact) mass is 473 g/mol. The first-order valence-corrected chi connectivity index (χ1v) is 11.4. The molecule has 5 N–H and O–H groups in total. The maximum absolute atomic E-state index is 11.2. The first-order valence-electron chi connectivity index (χ1n) is 10.2. The summed E-state index contributed by atoms with van der Waals surface area (Å²) in [6, 6.07) is 11.7. The molecule has 0 aliphatic heterocycles. The fourth-order valence-corrected chi connectivity index (χ4v) is 3.49. The molecular formula is C22H27N5O5S. The predicted octanol–water partition coefficient (Wildman–Crippen LogP) is 1.42. The van der Waals surface area contributed by atoms with E-state index in [4.69, 9.17) is 15.2 Å². The number of aliphatic hydroxyl groups excluding tert-OH is 1. The summed E-state index contributed by atoms with van der Waals surface area (Å²) in [6.45, 7) is 1.22. The number of nitrogens with two attached hydrogens (primary N) is 1. The summed E-state index contributed by atoms with van der Waals surface area (Å²) >= 11 is 1.53. The van der Waals surface area contributed by atoms with Crippen molar-refractivity contribution in [3.63, 3.8) is 0 Å². The number of thioether (sulfide) groups is 1. The number of rotatable bonds is 12. The number of phenols is 1. The molecule has 3 aromatic rings. The summed E-state index contributed by atoms with van der Waals surface area (Å²) in [7, 11) is 1.92. The topological polar surface area (TPSA) is 145 Å². The van der Waals surface area contributed by atoms with Gasteiger partial charge in [0.25, 0.3) is 5.91 Å². The van der Waals surface area contributed by atoms with Crippen LogP contribution < -0.4 is 20.5 Å². The molecule has 0 radical (unpaired) electrons. The lowest BCUT2D eigenvalue weighted by molar-refractivity contribution is 0.0996. The van der Waals surface area contributed by atoms with Gasteiger partial charge in [0.2, 0.25) is 0 Å². The van der Waals surface area contributed by atoms with Gasteiger partial charge in [0.15, 0.2) is 11.0 Å². The number of amides is 1. The number of aromatic hydroxyl groups is 1. The van der Waals surface area contributed by atoms with Crippen molar-refractivity contribution in [1.82, 2.24) is 20.1 Å². The molecule has 1 aromatic heterocycles. The standard InChI is InChI=1S/C22H27N5O5S/c1-27-21(25-26-22(27)33-2)14-3-5-16(6-4-14)32-13-15(28)12-24-9-10-31-17-7-8-19(29)18(11-17)20(23)30/h3-8,11,15,24,28-29H,9-10,12-13H2,1-2H3,(H2,23,30). The average molecular weight is 474 g/mol. The van der Waals surface area contributed by atoms with Crippen LogP contribution in [0.4, 0.5) is 0 Å². The molecular weight excluding hydrogens is 446 g/mol. The summed E-state index contributed by atoms with van der Waals surface area (Å²) in [5.74, 6) is 0.916. The van der Waals surface area contributed by atoms with Crippen LogP contribution in [0.2, 0.25) is 0 Å². The number of benzene rings is 2. The van der Waals surface area contributed by atoms with Crippen molar-refractivity contribution in [1.29, 1.82) is 0 Å². The highest BCUT2D eigenvalue weighted by Crippen LogP contribution is 2.24. The SMILES string of the molecule is CSc1nnc(-c2ccc(OCC(O)CNCCOc3ccc(O)c(C(N)=O)c3)cc2)n1C. The summed E-state index contributed by atoms with van der Waals surface area (Å²) < 4.78 is 13.1. The van der Waals surface area contributed by atoms with E-state index in [1.54, 1.807) is 6.07 Å². The van der Waals surface area contributed by atoms with Crippen molar-refractivity contribution in [2.45, 2.75) is 11.3 Å². The van der Waals surface area contributed by atoms with Crippen LogP contribution in [-0.2, 0) is 7.05 Å². The van der Waals surface area contributed by atoms with Crippen molar-refractivity contribution >= 4 is 17.7 Å². The van der Waals surface area contributed by atoms with E-state index < -0.39 is 12.0 Å². The highest BCUT2D eigenvalue weighted by molar-refractivity contribution is 7.98. The minimum Gasteiger partial charge on any atom is -0.507 e. The molecule has 0 aliphatic carbocycles. The molecule has 0 aliphatic rings. The van der Waals surface area contributed by atoms with Gasteiger partial charge < -0.3 is 35.3 Å². The number of hydrogen-bond acceptors (Lipinski definition) is 9. The van der Waals surface area contributed by atoms with Gasteiger partial charge >= 0.3 is 0 Å². The molecule has 1 amide bonds. The molecule has 0 fully saturated rings. The Morgan fingerprint density at radius 2 is 1.91 bits per heavy atom. The molecule has 10 nitrogen and oxygen atoms in total. The van der Waals surface area contributed by atoms with Crippen molar-refractivity contribution in [3.8, 4) is 28.6 Å². The molecule has 1 unspecified atom stereocenters. The number of ether oxygens (including phenoxy) is 2. The fraction of sp³-hybridized carbons (Fsp3) is 0.318. The van der Waals surface area contributed by atoms with Gasteiger partial charge in [-0.05, 0) is 48.7 Å². The molecule has 0 spiro atoms. The average Bonchev–Trinajstić information content (AvgIpc) is 3.19. The van der Waals surface area contributed by atoms with E-state index in [0.717, 1.165) is 16.5 Å². The van der Waals surface area contributed by atoms with Gasteiger partial charge in [0.05, 0.1) is 5.56 Å². The largest absolute Gasteiger partial charge is 0.507 e. The molecule has 1 heterocycles. The van der Waals surface area contributed by atoms with Crippen molar-refractivity contribution in [2.24, 2.45) is 12.8 Å². The Hall–Kier alpha value is -3.28. The van der Waals surface area contributed by atoms with E-state index >= 15 is 0 Å². The second-order valence-electron chi connectivity index (χ2n) is 7.15. The molecule has 1 atom stereocenters. The van der Waals surface area contributed by atoms with Gasteiger partial charge in [-0.15, -0.1) is 10.2 Å². The number of nitrogens with zero attached hydrogens (tertiary/aromatic N) is 3. The number of carbonyl (C=O) groups excluding carboxylic acids is 1. The highest BCUT2D eigenvalue weighted by Gasteiger charge is 2.11. The lowest BCUT2D eigenvalue weighted by Crippen LogP contribution is -2.33. The Bertz CT molecular complexity index is 1070. The zero-order chi connectivity index (χ0) is 23.8. The van der Waals surface area contributed by atoms with Crippen LogP contribution in [0.3, 0.4) is 0 Å². The van der Waals surface area contributed by atoms with Crippen LogP contribution in [0.1, 0.15) is 10.4 Å². The van der Waals surface area contributed by atoms with Crippen molar-refractivity contribution in [3.05, 3.63) is 48.0 Å².